The molecule has 67 heavy (non-hydrogen) atoms. The maximum Gasteiger partial charge on any atom is 0.306 e. The van der Waals surface area contributed by atoms with E-state index >= 15 is 0 Å². The third kappa shape index (κ3) is 52.9. The third-order valence-electron chi connectivity index (χ3n) is 11.4. The van der Waals surface area contributed by atoms with E-state index in [0.717, 1.165) is 89.9 Å². The molecule has 0 bridgehead atoms. The molecule has 0 heterocycles. The molecule has 0 spiro atoms. The van der Waals surface area contributed by atoms with Crippen molar-refractivity contribution < 1.29 is 28.6 Å². The standard InChI is InChI=1S/C61H100O6/c1-4-7-10-13-16-19-22-25-28-30-32-33-36-39-42-45-48-51-54-60(63)66-57-58(56-65-59(62)53-50-47-44-41-38-35-27-24-21-18-15-12-9-6-3)67-61(64)55-52-49-46-43-40-37-34-31-29-26-23-20-17-14-11-8-5-2/h10,13,16-17,19-20,22,25-26,28-30,32-34,37,43,46,58H,4-9,11-12,14-15,18,21,23-24,27,31,35-36,38-42,44-45,47-57H2,1-3H3/b13-10-,19-16-,20-17-,25-22-,29-26-,30-28-,33-32-,37-34-,46-43-. The van der Waals surface area contributed by atoms with Crippen LogP contribution in [-0.2, 0) is 28.6 Å². The molecule has 0 aromatic carbocycles. The fourth-order valence-corrected chi connectivity index (χ4v) is 7.23. The second-order valence-electron chi connectivity index (χ2n) is 17.9. The van der Waals surface area contributed by atoms with Crippen LogP contribution in [0.2, 0.25) is 0 Å². The largest absolute Gasteiger partial charge is 0.462 e. The molecule has 0 radical (unpaired) electrons. The molecular formula is C61H100O6. The number of esters is 3. The van der Waals surface area contributed by atoms with Gasteiger partial charge >= 0.3 is 17.9 Å². The lowest BCUT2D eigenvalue weighted by molar-refractivity contribution is -0.167. The van der Waals surface area contributed by atoms with Crippen LogP contribution in [0.15, 0.2) is 109 Å². The monoisotopic (exact) mass is 929 g/mol. The zero-order valence-electron chi connectivity index (χ0n) is 43.4. The zero-order valence-corrected chi connectivity index (χ0v) is 43.4. The van der Waals surface area contributed by atoms with E-state index < -0.39 is 6.10 Å². The fourth-order valence-electron chi connectivity index (χ4n) is 7.23. The topological polar surface area (TPSA) is 78.9 Å². The van der Waals surface area contributed by atoms with Gasteiger partial charge in [0.05, 0.1) is 0 Å². The van der Waals surface area contributed by atoms with Gasteiger partial charge in [-0.05, 0) is 77.0 Å². The molecule has 0 aliphatic rings. The molecule has 0 fully saturated rings. The number of unbranched alkanes of at least 4 members (excludes halogenated alkanes) is 23. The Balaban J connectivity index is 4.54. The average molecular weight is 929 g/mol. The fraction of sp³-hybridized carbons (Fsp3) is 0.656. The van der Waals surface area contributed by atoms with Gasteiger partial charge in [-0.25, -0.2) is 0 Å². The highest BCUT2D eigenvalue weighted by molar-refractivity contribution is 5.71. The molecule has 0 saturated carbocycles. The number of hydrogen-bond acceptors (Lipinski definition) is 6. The van der Waals surface area contributed by atoms with Crippen LogP contribution in [-0.4, -0.2) is 37.2 Å². The number of carbonyl (C=O) groups is 3. The van der Waals surface area contributed by atoms with Crippen molar-refractivity contribution in [1.29, 1.82) is 0 Å². The first-order valence-corrected chi connectivity index (χ1v) is 27.5. The van der Waals surface area contributed by atoms with Crippen LogP contribution in [0, 0.1) is 0 Å². The normalized spacial score (nSPS) is 12.9. The van der Waals surface area contributed by atoms with Gasteiger partial charge in [-0.2, -0.15) is 0 Å². The summed E-state index contributed by atoms with van der Waals surface area (Å²) in [6, 6.07) is 0. The van der Waals surface area contributed by atoms with E-state index in [2.05, 4.69) is 106 Å². The second kappa shape index (κ2) is 54.7. The first kappa shape index (κ1) is 63.1. The molecule has 0 amide bonds. The molecule has 1 atom stereocenters. The summed E-state index contributed by atoms with van der Waals surface area (Å²) in [6.07, 6.45) is 73.5. The van der Waals surface area contributed by atoms with E-state index in [1.807, 2.05) is 24.3 Å². The molecule has 0 aromatic heterocycles. The number of allylic oxidation sites excluding steroid dienone is 18. The highest BCUT2D eigenvalue weighted by Crippen LogP contribution is 2.15. The summed E-state index contributed by atoms with van der Waals surface area (Å²) in [5.41, 5.74) is 0. The van der Waals surface area contributed by atoms with Crippen LogP contribution in [0.1, 0.15) is 239 Å². The van der Waals surface area contributed by atoms with Crippen molar-refractivity contribution in [2.24, 2.45) is 0 Å². The summed E-state index contributed by atoms with van der Waals surface area (Å²) < 4.78 is 16.8. The average Bonchev–Trinajstić information content (AvgIpc) is 3.33. The van der Waals surface area contributed by atoms with Gasteiger partial charge in [0.15, 0.2) is 6.10 Å². The van der Waals surface area contributed by atoms with E-state index in [1.165, 1.54) is 103 Å². The minimum absolute atomic E-state index is 0.108. The molecule has 0 N–H and O–H groups in total. The van der Waals surface area contributed by atoms with Gasteiger partial charge < -0.3 is 14.2 Å². The van der Waals surface area contributed by atoms with Gasteiger partial charge in [-0.3, -0.25) is 14.4 Å². The Morgan fingerprint density at radius 1 is 0.313 bits per heavy atom. The zero-order chi connectivity index (χ0) is 48.6. The second-order valence-corrected chi connectivity index (χ2v) is 17.9. The van der Waals surface area contributed by atoms with E-state index in [-0.39, 0.29) is 37.5 Å². The Morgan fingerprint density at radius 3 is 1.10 bits per heavy atom. The first-order valence-electron chi connectivity index (χ1n) is 27.5. The summed E-state index contributed by atoms with van der Waals surface area (Å²) in [6.45, 7) is 6.45. The summed E-state index contributed by atoms with van der Waals surface area (Å²) in [5.74, 6) is -0.991. The van der Waals surface area contributed by atoms with Gasteiger partial charge in [0.1, 0.15) is 13.2 Å². The molecule has 1 unspecified atom stereocenters. The van der Waals surface area contributed by atoms with Crippen LogP contribution < -0.4 is 0 Å². The van der Waals surface area contributed by atoms with Gasteiger partial charge in [-0.1, -0.05) is 252 Å². The van der Waals surface area contributed by atoms with Crippen molar-refractivity contribution in [3.8, 4) is 0 Å². The number of ether oxygens (including phenoxy) is 3. The maximum absolute atomic E-state index is 12.8. The van der Waals surface area contributed by atoms with Gasteiger partial charge in [-0.15, -0.1) is 0 Å². The van der Waals surface area contributed by atoms with Crippen molar-refractivity contribution in [3.05, 3.63) is 109 Å². The smallest absolute Gasteiger partial charge is 0.306 e. The molecule has 6 heteroatoms. The van der Waals surface area contributed by atoms with Gasteiger partial charge in [0.25, 0.3) is 0 Å². The maximum atomic E-state index is 12.8. The first-order chi connectivity index (χ1) is 33.0. The Morgan fingerprint density at radius 2 is 0.642 bits per heavy atom. The number of carbonyl (C=O) groups excluding carboxylic acids is 3. The minimum atomic E-state index is -0.818. The molecular weight excluding hydrogens is 829 g/mol. The van der Waals surface area contributed by atoms with E-state index in [1.54, 1.807) is 0 Å². The predicted molar refractivity (Wildman–Crippen MR) is 288 cm³/mol. The lowest BCUT2D eigenvalue weighted by Gasteiger charge is -2.18. The molecule has 0 aromatic rings. The molecule has 6 nitrogen and oxygen atoms in total. The van der Waals surface area contributed by atoms with Crippen molar-refractivity contribution in [1.82, 2.24) is 0 Å². The lowest BCUT2D eigenvalue weighted by Crippen LogP contribution is -2.30. The quantitative estimate of drug-likeness (QED) is 0.0199. The van der Waals surface area contributed by atoms with Crippen molar-refractivity contribution in [2.45, 2.75) is 245 Å². The third-order valence-corrected chi connectivity index (χ3v) is 11.4. The summed E-state index contributed by atoms with van der Waals surface area (Å²) in [5, 5.41) is 0. The van der Waals surface area contributed by atoms with Crippen LogP contribution in [0.3, 0.4) is 0 Å². The Hall–Kier alpha value is -3.93. The Kier molecular flexibility index (Phi) is 51.5. The molecule has 0 aliphatic heterocycles. The SMILES string of the molecule is CCC\C=C/C=C\C=C/C=C\C=C/CCCCCCCC(=O)OCC(COC(=O)CCCCCCCCCCCCCCCC)OC(=O)CCC/C=C\C/C=C\C/C=C\C/C=C\CCCCC. The van der Waals surface area contributed by atoms with Crippen molar-refractivity contribution >= 4 is 17.9 Å². The van der Waals surface area contributed by atoms with Crippen molar-refractivity contribution in [2.75, 3.05) is 13.2 Å². The molecule has 0 saturated heterocycles. The number of rotatable bonds is 48. The summed E-state index contributed by atoms with van der Waals surface area (Å²) in [4.78, 5) is 38.1. The van der Waals surface area contributed by atoms with E-state index in [4.69, 9.17) is 14.2 Å². The summed E-state index contributed by atoms with van der Waals surface area (Å²) >= 11 is 0. The minimum Gasteiger partial charge on any atom is -0.462 e. The van der Waals surface area contributed by atoms with Crippen LogP contribution in [0.4, 0.5) is 0 Å². The van der Waals surface area contributed by atoms with Crippen LogP contribution in [0.25, 0.3) is 0 Å². The van der Waals surface area contributed by atoms with Crippen molar-refractivity contribution in [3.63, 3.8) is 0 Å². The van der Waals surface area contributed by atoms with Gasteiger partial charge in [0, 0.05) is 19.3 Å². The Labute approximate surface area is 412 Å². The summed E-state index contributed by atoms with van der Waals surface area (Å²) in [7, 11) is 0. The highest BCUT2D eigenvalue weighted by atomic mass is 16.6. The lowest BCUT2D eigenvalue weighted by atomic mass is 10.0. The molecule has 380 valence electrons. The van der Waals surface area contributed by atoms with E-state index in [9.17, 15) is 14.4 Å². The van der Waals surface area contributed by atoms with Crippen LogP contribution in [0.5, 0.6) is 0 Å². The molecule has 0 rings (SSSR count). The van der Waals surface area contributed by atoms with E-state index in [0.29, 0.717) is 19.3 Å². The van der Waals surface area contributed by atoms with Gasteiger partial charge in [0.2, 0.25) is 0 Å². The highest BCUT2D eigenvalue weighted by Gasteiger charge is 2.19. The number of hydrogen-bond donors (Lipinski definition) is 0. The molecule has 0 aliphatic carbocycles. The predicted octanol–water partition coefficient (Wildman–Crippen LogP) is 18.3. The van der Waals surface area contributed by atoms with Crippen LogP contribution >= 0.6 is 0 Å². The Bertz CT molecular complexity index is 1390.